The van der Waals surface area contributed by atoms with E-state index in [0.717, 1.165) is 37.0 Å². The molecular formula is C16H29N3. The van der Waals surface area contributed by atoms with E-state index in [-0.39, 0.29) is 0 Å². The van der Waals surface area contributed by atoms with Gasteiger partial charge in [-0.2, -0.15) is 5.10 Å². The van der Waals surface area contributed by atoms with Gasteiger partial charge in [0.1, 0.15) is 0 Å². The van der Waals surface area contributed by atoms with E-state index in [1.807, 2.05) is 0 Å². The number of aryl methyl sites for hydroxylation is 3. The van der Waals surface area contributed by atoms with Crippen LogP contribution in [-0.2, 0) is 6.54 Å². The Bertz CT molecular complexity index is 387. The first-order valence-electron chi connectivity index (χ1n) is 7.82. The Hall–Kier alpha value is -0.830. The molecule has 1 aliphatic rings. The van der Waals surface area contributed by atoms with Crippen molar-refractivity contribution >= 4 is 0 Å². The van der Waals surface area contributed by atoms with Crippen molar-refractivity contribution < 1.29 is 0 Å². The number of aromatic nitrogens is 2. The first-order valence-corrected chi connectivity index (χ1v) is 7.82. The van der Waals surface area contributed by atoms with Gasteiger partial charge in [-0.3, -0.25) is 4.68 Å². The molecule has 0 aliphatic heterocycles. The van der Waals surface area contributed by atoms with Crippen LogP contribution >= 0.6 is 0 Å². The number of rotatable bonds is 5. The van der Waals surface area contributed by atoms with Crippen molar-refractivity contribution in [3.8, 4) is 0 Å². The summed E-state index contributed by atoms with van der Waals surface area (Å²) in [6.45, 7) is 11.1. The first kappa shape index (κ1) is 14.6. The molecule has 3 heteroatoms. The lowest BCUT2D eigenvalue weighted by atomic mass is 9.79. The monoisotopic (exact) mass is 263 g/mol. The molecule has 0 spiro atoms. The van der Waals surface area contributed by atoms with Gasteiger partial charge in [0.2, 0.25) is 0 Å². The van der Waals surface area contributed by atoms with E-state index in [9.17, 15) is 0 Å². The van der Waals surface area contributed by atoms with E-state index in [0.29, 0.717) is 6.04 Å². The summed E-state index contributed by atoms with van der Waals surface area (Å²) in [5.41, 5.74) is 2.40. The van der Waals surface area contributed by atoms with Gasteiger partial charge >= 0.3 is 0 Å². The molecule has 3 nitrogen and oxygen atoms in total. The normalized spacial score (nSPS) is 27.7. The molecule has 1 fully saturated rings. The van der Waals surface area contributed by atoms with Gasteiger partial charge in [0.25, 0.3) is 0 Å². The van der Waals surface area contributed by atoms with Crippen molar-refractivity contribution in [3.05, 3.63) is 17.5 Å². The molecule has 1 aliphatic carbocycles. The molecule has 1 saturated carbocycles. The summed E-state index contributed by atoms with van der Waals surface area (Å²) >= 11 is 0. The number of hydrogen-bond donors (Lipinski definition) is 1. The summed E-state index contributed by atoms with van der Waals surface area (Å²) in [7, 11) is 0. The average Bonchev–Trinajstić information content (AvgIpc) is 2.66. The Labute approximate surface area is 117 Å². The third-order valence-electron chi connectivity index (χ3n) is 4.58. The summed E-state index contributed by atoms with van der Waals surface area (Å²) < 4.78 is 2.13. The van der Waals surface area contributed by atoms with Crippen molar-refractivity contribution in [2.24, 2.45) is 11.8 Å². The molecule has 1 heterocycles. The van der Waals surface area contributed by atoms with Gasteiger partial charge in [-0.15, -0.1) is 0 Å². The van der Waals surface area contributed by atoms with Crippen LogP contribution in [0.15, 0.2) is 6.07 Å². The highest BCUT2D eigenvalue weighted by Gasteiger charge is 2.26. The Kier molecular flexibility index (Phi) is 5.03. The standard InChI is InChI=1S/C16H29N3/c1-12-7-5-8-13(2)16(12)17-9-6-10-19-15(4)11-14(3)18-19/h11-13,16-17H,5-10H2,1-4H3. The topological polar surface area (TPSA) is 29.9 Å². The van der Waals surface area contributed by atoms with Gasteiger partial charge in [0.05, 0.1) is 5.69 Å². The molecule has 0 aromatic carbocycles. The van der Waals surface area contributed by atoms with E-state index in [2.05, 4.69) is 48.9 Å². The number of nitrogens with zero attached hydrogens (tertiary/aromatic N) is 2. The number of nitrogens with one attached hydrogen (secondary N) is 1. The predicted molar refractivity (Wildman–Crippen MR) is 80.3 cm³/mol. The lowest BCUT2D eigenvalue weighted by Crippen LogP contribution is -2.43. The van der Waals surface area contributed by atoms with Crippen molar-refractivity contribution in [1.82, 2.24) is 15.1 Å². The molecular weight excluding hydrogens is 234 g/mol. The highest BCUT2D eigenvalue weighted by Crippen LogP contribution is 2.28. The molecule has 0 amide bonds. The van der Waals surface area contributed by atoms with Crippen LogP contribution in [0.4, 0.5) is 0 Å². The fraction of sp³-hybridized carbons (Fsp3) is 0.812. The van der Waals surface area contributed by atoms with Gasteiger partial charge in [0, 0.05) is 18.3 Å². The SMILES string of the molecule is Cc1cc(C)n(CCCNC2C(C)CCCC2C)n1. The third kappa shape index (κ3) is 3.82. The van der Waals surface area contributed by atoms with Crippen molar-refractivity contribution in [2.45, 2.75) is 66.0 Å². The molecule has 1 aromatic rings. The second-order valence-electron chi connectivity index (χ2n) is 6.37. The highest BCUT2D eigenvalue weighted by molar-refractivity contribution is 5.06. The number of hydrogen-bond acceptors (Lipinski definition) is 2. The second kappa shape index (κ2) is 6.56. The first-order chi connectivity index (χ1) is 9.08. The lowest BCUT2D eigenvalue weighted by molar-refractivity contribution is 0.208. The van der Waals surface area contributed by atoms with Gasteiger partial charge < -0.3 is 5.32 Å². The molecule has 1 aromatic heterocycles. The quantitative estimate of drug-likeness (QED) is 0.826. The highest BCUT2D eigenvalue weighted by atomic mass is 15.3. The fourth-order valence-electron chi connectivity index (χ4n) is 3.48. The van der Waals surface area contributed by atoms with Crippen molar-refractivity contribution in [3.63, 3.8) is 0 Å². The van der Waals surface area contributed by atoms with Gasteiger partial charge in [-0.05, 0) is 57.6 Å². The van der Waals surface area contributed by atoms with Gasteiger partial charge in [-0.1, -0.05) is 20.3 Å². The predicted octanol–water partition coefficient (Wildman–Crippen LogP) is 3.30. The second-order valence-corrected chi connectivity index (χ2v) is 6.37. The van der Waals surface area contributed by atoms with Crippen LogP contribution in [0.5, 0.6) is 0 Å². The van der Waals surface area contributed by atoms with Gasteiger partial charge in [0.15, 0.2) is 0 Å². The summed E-state index contributed by atoms with van der Waals surface area (Å²) in [5, 5.41) is 8.29. The van der Waals surface area contributed by atoms with Crippen molar-refractivity contribution in [2.75, 3.05) is 6.54 Å². The average molecular weight is 263 g/mol. The zero-order valence-corrected chi connectivity index (χ0v) is 12.9. The molecule has 0 radical (unpaired) electrons. The largest absolute Gasteiger partial charge is 0.313 e. The maximum absolute atomic E-state index is 4.51. The maximum atomic E-state index is 4.51. The summed E-state index contributed by atoms with van der Waals surface area (Å²) in [5.74, 6) is 1.66. The molecule has 0 saturated heterocycles. The van der Waals surface area contributed by atoms with E-state index < -0.39 is 0 Å². The van der Waals surface area contributed by atoms with E-state index in [4.69, 9.17) is 0 Å². The molecule has 2 atom stereocenters. The van der Waals surface area contributed by atoms with Crippen LogP contribution in [0.3, 0.4) is 0 Å². The minimum atomic E-state index is 0.717. The molecule has 1 N–H and O–H groups in total. The zero-order valence-electron chi connectivity index (χ0n) is 12.9. The Morgan fingerprint density at radius 1 is 1.26 bits per heavy atom. The van der Waals surface area contributed by atoms with Gasteiger partial charge in [-0.25, -0.2) is 0 Å². The molecule has 19 heavy (non-hydrogen) atoms. The van der Waals surface area contributed by atoms with Crippen LogP contribution in [0.2, 0.25) is 0 Å². The summed E-state index contributed by atoms with van der Waals surface area (Å²) in [6.07, 6.45) is 5.35. The summed E-state index contributed by atoms with van der Waals surface area (Å²) in [6, 6.07) is 2.87. The van der Waals surface area contributed by atoms with Crippen LogP contribution < -0.4 is 5.32 Å². The summed E-state index contributed by atoms with van der Waals surface area (Å²) in [4.78, 5) is 0. The lowest BCUT2D eigenvalue weighted by Gasteiger charge is -2.35. The zero-order chi connectivity index (χ0) is 13.8. The van der Waals surface area contributed by atoms with Crippen LogP contribution in [0, 0.1) is 25.7 Å². The van der Waals surface area contributed by atoms with Crippen molar-refractivity contribution in [1.29, 1.82) is 0 Å². The van der Waals surface area contributed by atoms with Crippen LogP contribution in [0.1, 0.15) is 50.9 Å². The van der Waals surface area contributed by atoms with Crippen LogP contribution in [-0.4, -0.2) is 22.4 Å². The maximum Gasteiger partial charge on any atom is 0.0596 e. The minimum Gasteiger partial charge on any atom is -0.313 e. The Morgan fingerprint density at radius 3 is 2.53 bits per heavy atom. The van der Waals surface area contributed by atoms with Crippen LogP contribution in [0.25, 0.3) is 0 Å². The Morgan fingerprint density at radius 2 is 1.95 bits per heavy atom. The third-order valence-corrected chi connectivity index (χ3v) is 4.58. The molecule has 2 rings (SSSR count). The molecule has 2 unspecified atom stereocenters. The van der Waals surface area contributed by atoms with E-state index in [1.165, 1.54) is 25.0 Å². The van der Waals surface area contributed by atoms with E-state index >= 15 is 0 Å². The van der Waals surface area contributed by atoms with E-state index in [1.54, 1.807) is 0 Å². The fourth-order valence-corrected chi connectivity index (χ4v) is 3.48. The molecule has 108 valence electrons. The molecule has 0 bridgehead atoms. The smallest absolute Gasteiger partial charge is 0.0596 e. The minimum absolute atomic E-state index is 0.717. The Balaban J connectivity index is 1.73.